The molecule has 0 bridgehead atoms. The maximum Gasteiger partial charge on any atom is 0.341 e. The molecule has 1 atom stereocenters. The van der Waals surface area contributed by atoms with Crippen LogP contribution in [-0.4, -0.2) is 26.8 Å². The second-order valence-corrected chi connectivity index (χ2v) is 7.04. The molecule has 0 aliphatic heterocycles. The third-order valence-corrected chi connectivity index (χ3v) is 4.62. The number of rotatable bonds is 7. The van der Waals surface area contributed by atoms with Gasteiger partial charge in [-0.25, -0.2) is 8.42 Å². The minimum atomic E-state index is -4.54. The van der Waals surface area contributed by atoms with E-state index in [0.717, 1.165) is 5.69 Å². The summed E-state index contributed by atoms with van der Waals surface area (Å²) < 4.78 is 47.6. The highest BCUT2D eigenvalue weighted by Crippen LogP contribution is 2.20. The Kier molecular flexibility index (Phi) is 5.54. The van der Waals surface area contributed by atoms with Gasteiger partial charge in [-0.15, -0.1) is 0 Å². The van der Waals surface area contributed by atoms with E-state index in [9.17, 15) is 17.2 Å². The fraction of sp³-hybridized carbons (Fsp3) is 0.250. The van der Waals surface area contributed by atoms with Crippen molar-refractivity contribution in [2.75, 3.05) is 17.2 Å². The fourth-order valence-electron chi connectivity index (χ4n) is 2.01. The molecule has 0 fully saturated rings. The maximum absolute atomic E-state index is 12.4. The van der Waals surface area contributed by atoms with Gasteiger partial charge in [0, 0.05) is 24.0 Å². The lowest BCUT2D eigenvalue weighted by Gasteiger charge is -2.17. The second-order valence-electron chi connectivity index (χ2n) is 5.12. The number of alkyl halides is 2. The summed E-state index contributed by atoms with van der Waals surface area (Å²) in [6, 6.07) is 15.2. The van der Waals surface area contributed by atoms with Crippen molar-refractivity contribution in [2.45, 2.75) is 23.6 Å². The first-order valence-electron chi connectivity index (χ1n) is 7.07. The number of sulfone groups is 1. The molecule has 0 aliphatic carbocycles. The van der Waals surface area contributed by atoms with E-state index in [2.05, 4.69) is 10.6 Å². The number of anilines is 2. The van der Waals surface area contributed by atoms with Crippen molar-refractivity contribution in [2.24, 2.45) is 0 Å². The number of hydrogen-bond acceptors (Lipinski definition) is 4. The van der Waals surface area contributed by atoms with Gasteiger partial charge in [0.05, 0.1) is 4.90 Å². The summed E-state index contributed by atoms with van der Waals surface area (Å²) in [6.45, 7) is 2.59. The molecule has 2 aromatic rings. The van der Waals surface area contributed by atoms with Gasteiger partial charge in [-0.2, -0.15) is 8.78 Å². The molecule has 0 aromatic heterocycles. The number of nitrogens with one attached hydrogen (secondary N) is 2. The van der Waals surface area contributed by atoms with E-state index in [0.29, 0.717) is 12.2 Å². The van der Waals surface area contributed by atoms with Crippen molar-refractivity contribution < 1.29 is 17.2 Å². The van der Waals surface area contributed by atoms with Crippen molar-refractivity contribution in [1.29, 1.82) is 0 Å². The molecule has 124 valence electrons. The quantitative estimate of drug-likeness (QED) is 0.809. The Hall–Kier alpha value is -2.15. The lowest BCUT2D eigenvalue weighted by atomic mass is 10.2. The Morgan fingerprint density at radius 3 is 2.13 bits per heavy atom. The molecule has 2 rings (SSSR count). The van der Waals surface area contributed by atoms with Crippen LogP contribution < -0.4 is 10.6 Å². The molecule has 2 aromatic carbocycles. The minimum Gasteiger partial charge on any atom is -0.383 e. The predicted molar refractivity (Wildman–Crippen MR) is 87.6 cm³/mol. The number of hydrogen-bond donors (Lipinski definition) is 2. The summed E-state index contributed by atoms with van der Waals surface area (Å²) in [7, 11) is -4.54. The molecule has 0 saturated carbocycles. The van der Waals surface area contributed by atoms with Crippen LogP contribution in [0.2, 0.25) is 0 Å². The molecular formula is C16H18F2N2O2S. The minimum absolute atomic E-state index is 0.127. The van der Waals surface area contributed by atoms with Gasteiger partial charge in [0.25, 0.3) is 0 Å². The van der Waals surface area contributed by atoms with Crippen LogP contribution in [-0.2, 0) is 9.84 Å². The topological polar surface area (TPSA) is 58.2 Å². The van der Waals surface area contributed by atoms with Gasteiger partial charge in [-0.05, 0) is 43.3 Å². The van der Waals surface area contributed by atoms with Crippen LogP contribution in [0, 0.1) is 0 Å². The normalized spacial score (nSPS) is 12.9. The lowest BCUT2D eigenvalue weighted by molar-refractivity contribution is 0.234. The molecule has 23 heavy (non-hydrogen) atoms. The van der Waals surface area contributed by atoms with Crippen LogP contribution >= 0.6 is 0 Å². The van der Waals surface area contributed by atoms with Gasteiger partial charge in [0.1, 0.15) is 0 Å². The number of benzene rings is 2. The Morgan fingerprint density at radius 1 is 0.957 bits per heavy atom. The zero-order valence-corrected chi connectivity index (χ0v) is 13.4. The van der Waals surface area contributed by atoms with Crippen molar-refractivity contribution >= 4 is 21.2 Å². The van der Waals surface area contributed by atoms with Crippen molar-refractivity contribution in [1.82, 2.24) is 0 Å². The Labute approximate surface area is 134 Å². The van der Waals surface area contributed by atoms with Gasteiger partial charge in [-0.3, -0.25) is 0 Å². The smallest absolute Gasteiger partial charge is 0.341 e. The lowest BCUT2D eigenvalue weighted by Crippen LogP contribution is -2.24. The number of halogens is 2. The molecule has 0 spiro atoms. The summed E-state index contributed by atoms with van der Waals surface area (Å²) >= 11 is 0. The third kappa shape index (κ3) is 4.66. The standard InChI is InChI=1S/C16H18F2N2O2S/c1-12(20-14-5-3-2-4-6-14)11-19-13-7-9-15(10-8-13)23(21,22)16(17)18/h2-10,12,16,19-20H,11H2,1H3. The van der Waals surface area contributed by atoms with Gasteiger partial charge in [-0.1, -0.05) is 18.2 Å². The average molecular weight is 340 g/mol. The van der Waals surface area contributed by atoms with Crippen molar-refractivity contribution in [3.63, 3.8) is 0 Å². The van der Waals surface area contributed by atoms with Gasteiger partial charge < -0.3 is 10.6 Å². The summed E-state index contributed by atoms with van der Waals surface area (Å²) in [5, 5.41) is 6.43. The third-order valence-electron chi connectivity index (χ3n) is 3.22. The van der Waals surface area contributed by atoms with Crippen molar-refractivity contribution in [3.8, 4) is 0 Å². The summed E-state index contributed by atoms with van der Waals surface area (Å²) in [5.41, 5.74) is 1.67. The highest BCUT2D eigenvalue weighted by Gasteiger charge is 2.26. The van der Waals surface area contributed by atoms with Crippen LogP contribution in [0.5, 0.6) is 0 Å². The van der Waals surface area contributed by atoms with Crippen LogP contribution in [0.3, 0.4) is 0 Å². The first-order chi connectivity index (χ1) is 10.9. The Morgan fingerprint density at radius 2 is 1.57 bits per heavy atom. The molecule has 2 N–H and O–H groups in total. The largest absolute Gasteiger partial charge is 0.383 e. The van der Waals surface area contributed by atoms with Gasteiger partial charge in [0.2, 0.25) is 9.84 Å². The molecule has 0 heterocycles. The van der Waals surface area contributed by atoms with Crippen LogP contribution in [0.25, 0.3) is 0 Å². The van der Waals surface area contributed by atoms with E-state index < -0.39 is 15.6 Å². The Balaban J connectivity index is 1.91. The van der Waals surface area contributed by atoms with Crippen LogP contribution in [0.15, 0.2) is 59.5 Å². The van der Waals surface area contributed by atoms with E-state index in [1.807, 2.05) is 37.3 Å². The average Bonchev–Trinajstić information content (AvgIpc) is 2.54. The van der Waals surface area contributed by atoms with E-state index in [4.69, 9.17) is 0 Å². The van der Waals surface area contributed by atoms with Crippen LogP contribution in [0.4, 0.5) is 20.2 Å². The van der Waals surface area contributed by atoms with E-state index in [1.165, 1.54) is 24.3 Å². The summed E-state index contributed by atoms with van der Waals surface area (Å²) in [4.78, 5) is -0.381. The second kappa shape index (κ2) is 7.41. The maximum atomic E-state index is 12.4. The number of para-hydroxylation sites is 1. The van der Waals surface area contributed by atoms with Gasteiger partial charge in [0.15, 0.2) is 0 Å². The van der Waals surface area contributed by atoms with Crippen LogP contribution in [0.1, 0.15) is 6.92 Å². The zero-order valence-electron chi connectivity index (χ0n) is 12.5. The molecule has 4 nitrogen and oxygen atoms in total. The monoisotopic (exact) mass is 340 g/mol. The van der Waals surface area contributed by atoms with E-state index in [-0.39, 0.29) is 10.9 Å². The summed E-state index contributed by atoms with van der Waals surface area (Å²) in [5.74, 6) is -3.41. The highest BCUT2D eigenvalue weighted by molar-refractivity contribution is 7.91. The molecule has 7 heteroatoms. The Bertz CT molecular complexity index is 720. The molecule has 0 saturated heterocycles. The zero-order chi connectivity index (χ0) is 16.9. The fourth-order valence-corrected chi connectivity index (χ4v) is 2.73. The predicted octanol–water partition coefficient (Wildman–Crippen LogP) is 3.60. The first-order valence-corrected chi connectivity index (χ1v) is 8.62. The van der Waals surface area contributed by atoms with E-state index >= 15 is 0 Å². The molecule has 0 radical (unpaired) electrons. The first kappa shape index (κ1) is 17.2. The van der Waals surface area contributed by atoms with E-state index in [1.54, 1.807) is 0 Å². The molecule has 0 amide bonds. The van der Waals surface area contributed by atoms with Crippen molar-refractivity contribution in [3.05, 3.63) is 54.6 Å². The molecule has 1 unspecified atom stereocenters. The molecule has 0 aliphatic rings. The van der Waals surface area contributed by atoms with Gasteiger partial charge >= 0.3 is 5.76 Å². The molecular weight excluding hydrogens is 322 g/mol. The summed E-state index contributed by atoms with van der Waals surface area (Å²) in [6.07, 6.45) is 0. The highest BCUT2D eigenvalue weighted by atomic mass is 32.2. The SMILES string of the molecule is CC(CNc1ccc(S(=O)(=O)C(F)F)cc1)Nc1ccccc1.